The lowest BCUT2D eigenvalue weighted by Crippen LogP contribution is -2.47. The largest absolute Gasteiger partial charge is 0.481 e. The van der Waals surface area contributed by atoms with Crippen molar-refractivity contribution in [2.45, 2.75) is 19.4 Å². The van der Waals surface area contributed by atoms with Crippen LogP contribution in [-0.4, -0.2) is 51.0 Å². The lowest BCUT2D eigenvalue weighted by molar-refractivity contribution is -0.138. The Hall–Kier alpha value is -2.34. The third-order valence-corrected chi connectivity index (χ3v) is 5.50. The van der Waals surface area contributed by atoms with Gasteiger partial charge in [-0.3, -0.25) is 14.6 Å². The van der Waals surface area contributed by atoms with Crippen molar-refractivity contribution in [2.24, 2.45) is 0 Å². The minimum absolute atomic E-state index is 0.0162. The zero-order chi connectivity index (χ0) is 17.8. The van der Waals surface area contributed by atoms with Gasteiger partial charge in [0.2, 0.25) is 0 Å². The van der Waals surface area contributed by atoms with Crippen molar-refractivity contribution in [2.75, 3.05) is 18.1 Å². The summed E-state index contributed by atoms with van der Waals surface area (Å²) in [6.07, 6.45) is 1.71. The van der Waals surface area contributed by atoms with E-state index in [1.54, 1.807) is 22.9 Å². The second kappa shape index (κ2) is 7.70. The van der Waals surface area contributed by atoms with Crippen LogP contribution in [0.2, 0.25) is 0 Å². The maximum absolute atomic E-state index is 13.1. The fraction of sp³-hybridized carbons (Fsp3) is 0.316. The number of nitrogens with zero attached hydrogens (tertiary/aromatic N) is 2. The van der Waals surface area contributed by atoms with E-state index >= 15 is 0 Å². The first-order chi connectivity index (χ1) is 12.1. The zero-order valence-corrected chi connectivity index (χ0v) is 14.8. The van der Waals surface area contributed by atoms with E-state index in [4.69, 9.17) is 5.11 Å². The van der Waals surface area contributed by atoms with Gasteiger partial charge < -0.3 is 10.0 Å². The average Bonchev–Trinajstić information content (AvgIpc) is 2.62. The van der Waals surface area contributed by atoms with Gasteiger partial charge in [0.05, 0.1) is 18.2 Å². The molecule has 0 bridgehead atoms. The molecule has 1 unspecified atom stereocenters. The first-order valence-electron chi connectivity index (χ1n) is 8.19. The van der Waals surface area contributed by atoms with Gasteiger partial charge in [-0.1, -0.05) is 18.2 Å². The first-order valence-corrected chi connectivity index (χ1v) is 9.35. The highest BCUT2D eigenvalue weighted by Crippen LogP contribution is 2.27. The van der Waals surface area contributed by atoms with Gasteiger partial charge in [-0.2, -0.15) is 11.8 Å². The fourth-order valence-electron chi connectivity index (χ4n) is 3.11. The quantitative estimate of drug-likeness (QED) is 0.911. The summed E-state index contributed by atoms with van der Waals surface area (Å²) in [6, 6.07) is 11.0. The Bertz CT molecular complexity index is 779. The molecule has 0 aliphatic carbocycles. The van der Waals surface area contributed by atoms with Crippen LogP contribution in [0.25, 0.3) is 11.3 Å². The summed E-state index contributed by atoms with van der Waals surface area (Å²) in [5.41, 5.74) is 3.24. The molecule has 1 saturated heterocycles. The number of benzene rings is 1. The van der Waals surface area contributed by atoms with Crippen molar-refractivity contribution >= 4 is 23.6 Å². The Morgan fingerprint density at radius 3 is 2.84 bits per heavy atom. The fourth-order valence-corrected chi connectivity index (χ4v) is 4.18. The number of amides is 1. The third kappa shape index (κ3) is 3.85. The average molecular weight is 356 g/mol. The molecule has 5 nitrogen and oxygen atoms in total. The Morgan fingerprint density at radius 2 is 2.12 bits per heavy atom. The van der Waals surface area contributed by atoms with Crippen LogP contribution in [0.1, 0.15) is 22.3 Å². The summed E-state index contributed by atoms with van der Waals surface area (Å²) in [5.74, 6) is 0.531. The van der Waals surface area contributed by atoms with Gasteiger partial charge in [-0.05, 0) is 30.7 Å². The van der Waals surface area contributed by atoms with Crippen LogP contribution >= 0.6 is 11.8 Å². The highest BCUT2D eigenvalue weighted by Gasteiger charge is 2.30. The van der Waals surface area contributed by atoms with E-state index in [1.165, 1.54) is 0 Å². The van der Waals surface area contributed by atoms with E-state index in [0.29, 0.717) is 17.9 Å². The van der Waals surface area contributed by atoms with Gasteiger partial charge in [-0.25, -0.2) is 0 Å². The number of aromatic nitrogens is 1. The molecule has 25 heavy (non-hydrogen) atoms. The number of hydrogen-bond donors (Lipinski definition) is 1. The topological polar surface area (TPSA) is 70.5 Å². The molecule has 0 radical (unpaired) electrons. The minimum Gasteiger partial charge on any atom is -0.481 e. The van der Waals surface area contributed by atoms with Gasteiger partial charge in [0.25, 0.3) is 5.91 Å². The molecular weight excluding hydrogens is 336 g/mol. The number of rotatable bonds is 4. The number of carbonyl (C=O) groups excluding carboxylic acids is 1. The van der Waals surface area contributed by atoms with Crippen molar-refractivity contribution in [3.8, 4) is 11.3 Å². The van der Waals surface area contributed by atoms with Crippen molar-refractivity contribution in [1.29, 1.82) is 0 Å². The third-order valence-electron chi connectivity index (χ3n) is 4.40. The van der Waals surface area contributed by atoms with Gasteiger partial charge in [0.15, 0.2) is 0 Å². The van der Waals surface area contributed by atoms with Crippen LogP contribution in [0.3, 0.4) is 0 Å². The number of aliphatic carboxylic acids is 1. The van der Waals surface area contributed by atoms with Crippen LogP contribution < -0.4 is 0 Å². The SMILES string of the molecule is Cc1c(C(=O)N2CCSCC2CC(=O)O)cccc1-c1ccccn1. The second-order valence-electron chi connectivity index (χ2n) is 6.02. The van der Waals surface area contributed by atoms with Crippen molar-refractivity contribution in [3.05, 3.63) is 53.7 Å². The molecule has 1 N–H and O–H groups in total. The molecule has 1 atom stereocenters. The number of pyridine rings is 1. The van der Waals surface area contributed by atoms with Gasteiger partial charge >= 0.3 is 5.97 Å². The highest BCUT2D eigenvalue weighted by molar-refractivity contribution is 7.99. The molecule has 0 spiro atoms. The van der Waals surface area contributed by atoms with Crippen LogP contribution in [-0.2, 0) is 4.79 Å². The molecule has 1 amide bonds. The van der Waals surface area contributed by atoms with Crippen LogP contribution in [0.15, 0.2) is 42.6 Å². The monoisotopic (exact) mass is 356 g/mol. The number of carboxylic acid groups (broad SMARTS) is 1. The summed E-state index contributed by atoms with van der Waals surface area (Å²) < 4.78 is 0. The Kier molecular flexibility index (Phi) is 5.38. The predicted octanol–water partition coefficient (Wildman–Crippen LogP) is 3.09. The predicted molar refractivity (Wildman–Crippen MR) is 98.8 cm³/mol. The van der Waals surface area contributed by atoms with Crippen molar-refractivity contribution < 1.29 is 14.7 Å². The van der Waals surface area contributed by atoms with E-state index in [0.717, 1.165) is 22.6 Å². The molecule has 1 aromatic heterocycles. The van der Waals surface area contributed by atoms with Crippen LogP contribution in [0.5, 0.6) is 0 Å². The molecule has 1 aliphatic rings. The maximum Gasteiger partial charge on any atom is 0.305 e. The van der Waals surface area contributed by atoms with Gasteiger partial charge in [-0.15, -0.1) is 0 Å². The highest BCUT2D eigenvalue weighted by atomic mass is 32.2. The zero-order valence-electron chi connectivity index (χ0n) is 14.0. The Morgan fingerprint density at radius 1 is 1.28 bits per heavy atom. The van der Waals surface area contributed by atoms with Gasteiger partial charge in [0.1, 0.15) is 0 Å². The normalized spacial score (nSPS) is 17.3. The van der Waals surface area contributed by atoms with E-state index < -0.39 is 5.97 Å². The molecule has 1 aromatic carbocycles. The molecule has 130 valence electrons. The molecular formula is C19H20N2O3S. The molecule has 2 aromatic rings. The lowest BCUT2D eigenvalue weighted by atomic mass is 9.98. The Balaban J connectivity index is 1.93. The number of thioether (sulfide) groups is 1. The lowest BCUT2D eigenvalue weighted by Gasteiger charge is -2.35. The van der Waals surface area contributed by atoms with Crippen LogP contribution in [0.4, 0.5) is 0 Å². The minimum atomic E-state index is -0.871. The summed E-state index contributed by atoms with van der Waals surface area (Å²) in [5, 5.41) is 9.13. The van der Waals surface area contributed by atoms with E-state index in [9.17, 15) is 9.59 Å². The first kappa shape index (κ1) is 17.5. The summed E-state index contributed by atoms with van der Waals surface area (Å²) in [4.78, 5) is 30.3. The molecule has 2 heterocycles. The van der Waals surface area contributed by atoms with E-state index in [-0.39, 0.29) is 18.4 Å². The van der Waals surface area contributed by atoms with E-state index in [1.807, 2.05) is 43.3 Å². The Labute approximate surface area is 151 Å². The second-order valence-corrected chi connectivity index (χ2v) is 7.17. The molecule has 1 fully saturated rings. The summed E-state index contributed by atoms with van der Waals surface area (Å²) >= 11 is 1.70. The van der Waals surface area contributed by atoms with E-state index in [2.05, 4.69) is 4.98 Å². The van der Waals surface area contributed by atoms with Crippen molar-refractivity contribution in [1.82, 2.24) is 9.88 Å². The van der Waals surface area contributed by atoms with Crippen LogP contribution in [0, 0.1) is 6.92 Å². The molecule has 6 heteroatoms. The number of carbonyl (C=O) groups is 2. The number of carboxylic acids is 1. The van der Waals surface area contributed by atoms with Crippen molar-refractivity contribution in [3.63, 3.8) is 0 Å². The van der Waals surface area contributed by atoms with Gasteiger partial charge in [0, 0.05) is 35.4 Å². The maximum atomic E-state index is 13.1. The standard InChI is InChI=1S/C19H20N2O3S/c1-13-15(17-7-2-3-8-20-17)5-4-6-16(13)19(24)21-9-10-25-12-14(21)11-18(22)23/h2-8,14H,9-12H2,1H3,(H,22,23). The molecule has 1 aliphatic heterocycles. The molecule has 3 rings (SSSR count). The molecule has 0 saturated carbocycles. The summed E-state index contributed by atoms with van der Waals surface area (Å²) in [7, 11) is 0. The smallest absolute Gasteiger partial charge is 0.305 e. The summed E-state index contributed by atoms with van der Waals surface area (Å²) in [6.45, 7) is 2.50. The number of hydrogen-bond acceptors (Lipinski definition) is 4.